The summed E-state index contributed by atoms with van der Waals surface area (Å²) in [6.07, 6.45) is 4.60. The SMILES string of the molecule is CCCCCC(CC)OC(=O)c1ccccc1OCC(=O)NNCC(=O)O. The van der Waals surface area contributed by atoms with Crippen molar-refractivity contribution >= 4 is 17.8 Å². The van der Waals surface area contributed by atoms with E-state index in [1.165, 1.54) is 0 Å². The van der Waals surface area contributed by atoms with E-state index in [9.17, 15) is 14.4 Å². The maximum Gasteiger partial charge on any atom is 0.342 e. The largest absolute Gasteiger partial charge is 0.483 e. The number of carbonyl (C=O) groups is 3. The number of carboxylic acids is 1. The average molecular weight is 380 g/mol. The van der Waals surface area contributed by atoms with Gasteiger partial charge in [-0.05, 0) is 31.4 Å². The van der Waals surface area contributed by atoms with Crippen LogP contribution in [0.4, 0.5) is 0 Å². The molecule has 0 saturated carbocycles. The summed E-state index contributed by atoms with van der Waals surface area (Å²) in [5.41, 5.74) is 4.69. The van der Waals surface area contributed by atoms with Crippen LogP contribution in [-0.4, -0.2) is 42.2 Å². The second kappa shape index (κ2) is 12.7. The third-order valence-electron chi connectivity index (χ3n) is 3.79. The van der Waals surface area contributed by atoms with Gasteiger partial charge < -0.3 is 14.6 Å². The van der Waals surface area contributed by atoms with Crippen molar-refractivity contribution in [3.63, 3.8) is 0 Å². The van der Waals surface area contributed by atoms with E-state index in [-0.39, 0.29) is 24.0 Å². The van der Waals surface area contributed by atoms with Crippen LogP contribution < -0.4 is 15.6 Å². The van der Waals surface area contributed by atoms with Gasteiger partial charge in [0.1, 0.15) is 24.0 Å². The number of hydrazine groups is 1. The first-order valence-electron chi connectivity index (χ1n) is 9.14. The first kappa shape index (κ1) is 22.4. The molecule has 1 unspecified atom stereocenters. The third kappa shape index (κ3) is 9.05. The van der Waals surface area contributed by atoms with Crippen molar-refractivity contribution in [2.75, 3.05) is 13.2 Å². The van der Waals surface area contributed by atoms with E-state index >= 15 is 0 Å². The number of ether oxygens (including phenoxy) is 2. The topological polar surface area (TPSA) is 114 Å². The third-order valence-corrected chi connectivity index (χ3v) is 3.79. The Labute approximate surface area is 159 Å². The van der Waals surface area contributed by atoms with Gasteiger partial charge in [0.15, 0.2) is 6.61 Å². The molecule has 150 valence electrons. The molecule has 1 atom stereocenters. The van der Waals surface area contributed by atoms with E-state index in [0.29, 0.717) is 0 Å². The Balaban J connectivity index is 2.60. The van der Waals surface area contributed by atoms with Crippen molar-refractivity contribution in [2.24, 2.45) is 0 Å². The number of para-hydroxylation sites is 1. The molecule has 3 N–H and O–H groups in total. The highest BCUT2D eigenvalue weighted by molar-refractivity contribution is 5.92. The van der Waals surface area contributed by atoms with Crippen LogP contribution in [0.5, 0.6) is 5.75 Å². The number of benzene rings is 1. The number of carboxylic acid groups (broad SMARTS) is 1. The van der Waals surface area contributed by atoms with Gasteiger partial charge in [-0.2, -0.15) is 0 Å². The van der Waals surface area contributed by atoms with Crippen LogP contribution in [0.15, 0.2) is 24.3 Å². The predicted octanol–water partition coefficient (Wildman–Crippen LogP) is 2.29. The Morgan fingerprint density at radius 1 is 1.15 bits per heavy atom. The summed E-state index contributed by atoms with van der Waals surface area (Å²) in [7, 11) is 0. The van der Waals surface area contributed by atoms with E-state index < -0.39 is 24.4 Å². The summed E-state index contributed by atoms with van der Waals surface area (Å²) in [4.78, 5) is 34.5. The van der Waals surface area contributed by atoms with Gasteiger partial charge in [0.2, 0.25) is 0 Å². The highest BCUT2D eigenvalue weighted by Crippen LogP contribution is 2.21. The van der Waals surface area contributed by atoms with Crippen molar-refractivity contribution in [3.8, 4) is 5.75 Å². The van der Waals surface area contributed by atoms with E-state index in [2.05, 4.69) is 17.8 Å². The van der Waals surface area contributed by atoms with Crippen molar-refractivity contribution in [3.05, 3.63) is 29.8 Å². The van der Waals surface area contributed by atoms with Gasteiger partial charge in [-0.25, -0.2) is 10.2 Å². The van der Waals surface area contributed by atoms with Gasteiger partial charge >= 0.3 is 11.9 Å². The van der Waals surface area contributed by atoms with Gasteiger partial charge in [-0.15, -0.1) is 0 Å². The van der Waals surface area contributed by atoms with Gasteiger partial charge in [0.25, 0.3) is 5.91 Å². The molecule has 1 rings (SSSR count). The minimum Gasteiger partial charge on any atom is -0.483 e. The number of aliphatic carboxylic acids is 1. The smallest absolute Gasteiger partial charge is 0.342 e. The van der Waals surface area contributed by atoms with Crippen LogP contribution >= 0.6 is 0 Å². The first-order chi connectivity index (χ1) is 13.0. The second-order valence-corrected chi connectivity index (χ2v) is 6.01. The molecular formula is C19H28N2O6. The average Bonchev–Trinajstić information content (AvgIpc) is 2.65. The number of carbonyl (C=O) groups excluding carboxylic acids is 2. The maximum atomic E-state index is 12.5. The molecule has 0 radical (unpaired) electrons. The summed E-state index contributed by atoms with van der Waals surface area (Å²) >= 11 is 0. The van der Waals surface area contributed by atoms with Crippen LogP contribution in [0.25, 0.3) is 0 Å². The molecule has 0 fully saturated rings. The molecule has 27 heavy (non-hydrogen) atoms. The summed E-state index contributed by atoms with van der Waals surface area (Å²) in [5.74, 6) is -1.92. The van der Waals surface area contributed by atoms with Crippen LogP contribution in [0.1, 0.15) is 56.3 Å². The molecule has 8 heteroatoms. The Morgan fingerprint density at radius 2 is 1.89 bits per heavy atom. The summed E-state index contributed by atoms with van der Waals surface area (Å²) < 4.78 is 11.0. The molecular weight excluding hydrogens is 352 g/mol. The minimum absolute atomic E-state index is 0.152. The maximum absolute atomic E-state index is 12.5. The van der Waals surface area contributed by atoms with Crippen molar-refractivity contribution in [1.82, 2.24) is 10.9 Å². The lowest BCUT2D eigenvalue weighted by Crippen LogP contribution is -2.42. The zero-order chi connectivity index (χ0) is 20.1. The lowest BCUT2D eigenvalue weighted by atomic mass is 10.1. The number of unbranched alkanes of at least 4 members (excludes halogenated alkanes) is 2. The molecule has 0 aliphatic heterocycles. The number of esters is 1. The van der Waals surface area contributed by atoms with Gasteiger partial charge in [-0.3, -0.25) is 15.0 Å². The number of rotatable bonds is 13. The molecule has 0 spiro atoms. The van der Waals surface area contributed by atoms with E-state index in [1.54, 1.807) is 24.3 Å². The van der Waals surface area contributed by atoms with E-state index in [1.807, 2.05) is 6.92 Å². The van der Waals surface area contributed by atoms with Crippen molar-refractivity contribution < 1.29 is 29.0 Å². The van der Waals surface area contributed by atoms with Crippen LogP contribution in [0.2, 0.25) is 0 Å². The Hall–Kier alpha value is -2.61. The van der Waals surface area contributed by atoms with Crippen LogP contribution in [0, 0.1) is 0 Å². The monoisotopic (exact) mass is 380 g/mol. The minimum atomic E-state index is -1.10. The lowest BCUT2D eigenvalue weighted by molar-refractivity contribution is -0.136. The number of nitrogens with one attached hydrogen (secondary N) is 2. The highest BCUT2D eigenvalue weighted by atomic mass is 16.5. The summed E-state index contributed by atoms with van der Waals surface area (Å²) in [6.45, 7) is 3.31. The van der Waals surface area contributed by atoms with E-state index in [0.717, 1.165) is 32.1 Å². The van der Waals surface area contributed by atoms with Crippen LogP contribution in [-0.2, 0) is 14.3 Å². The molecule has 0 bridgehead atoms. The second-order valence-electron chi connectivity index (χ2n) is 6.01. The summed E-state index contributed by atoms with van der Waals surface area (Å²) in [5, 5.41) is 8.50. The summed E-state index contributed by atoms with van der Waals surface area (Å²) in [6, 6.07) is 6.53. The number of amides is 1. The molecule has 1 amide bonds. The first-order valence-corrected chi connectivity index (χ1v) is 9.14. The molecule has 0 aliphatic rings. The molecule has 0 heterocycles. The molecule has 0 aromatic heterocycles. The quantitative estimate of drug-likeness (QED) is 0.273. The lowest BCUT2D eigenvalue weighted by Gasteiger charge is -2.17. The molecule has 0 saturated heterocycles. The molecule has 1 aromatic carbocycles. The fraction of sp³-hybridized carbons (Fsp3) is 0.526. The zero-order valence-electron chi connectivity index (χ0n) is 15.8. The standard InChI is InChI=1S/C19H28N2O6/c1-3-5-6-9-14(4-2)27-19(25)15-10-7-8-11-16(15)26-13-17(22)21-20-12-18(23)24/h7-8,10-11,14,20H,3-6,9,12-13H2,1-2H3,(H,21,22)(H,23,24). The molecule has 8 nitrogen and oxygen atoms in total. The predicted molar refractivity (Wildman–Crippen MR) is 99.4 cm³/mol. The Bertz CT molecular complexity index is 620. The number of hydrogen-bond donors (Lipinski definition) is 3. The molecule has 1 aromatic rings. The van der Waals surface area contributed by atoms with Crippen molar-refractivity contribution in [2.45, 2.75) is 52.1 Å². The Kier molecular flexibility index (Phi) is 10.5. The van der Waals surface area contributed by atoms with Gasteiger partial charge in [0, 0.05) is 0 Å². The molecule has 0 aliphatic carbocycles. The number of hydrogen-bond acceptors (Lipinski definition) is 6. The van der Waals surface area contributed by atoms with Crippen LogP contribution in [0.3, 0.4) is 0 Å². The van der Waals surface area contributed by atoms with Crippen molar-refractivity contribution in [1.29, 1.82) is 0 Å². The normalized spacial score (nSPS) is 11.5. The highest BCUT2D eigenvalue weighted by Gasteiger charge is 2.18. The fourth-order valence-corrected chi connectivity index (χ4v) is 2.34. The van der Waals surface area contributed by atoms with E-state index in [4.69, 9.17) is 14.6 Å². The zero-order valence-corrected chi connectivity index (χ0v) is 15.8. The fourth-order valence-electron chi connectivity index (χ4n) is 2.34. The van der Waals surface area contributed by atoms with Gasteiger partial charge in [-0.1, -0.05) is 38.8 Å². The Morgan fingerprint density at radius 3 is 2.56 bits per heavy atom. The van der Waals surface area contributed by atoms with Gasteiger partial charge in [0.05, 0.1) is 0 Å².